The second-order valence-corrected chi connectivity index (χ2v) is 6.28. The van der Waals surface area contributed by atoms with Crippen molar-refractivity contribution in [1.82, 2.24) is 14.9 Å². The van der Waals surface area contributed by atoms with Crippen molar-refractivity contribution in [2.45, 2.75) is 6.92 Å². The van der Waals surface area contributed by atoms with E-state index in [-0.39, 0.29) is 11.7 Å². The Morgan fingerprint density at radius 3 is 2.52 bits per heavy atom. The number of aromatic amines is 1. The van der Waals surface area contributed by atoms with Crippen LogP contribution in [-0.4, -0.2) is 47.0 Å². The maximum Gasteiger partial charge on any atom is 0.256 e. The first-order valence-electron chi connectivity index (χ1n) is 8.37. The van der Waals surface area contributed by atoms with E-state index in [0.29, 0.717) is 18.7 Å². The Morgan fingerprint density at radius 1 is 1.08 bits per heavy atom. The van der Waals surface area contributed by atoms with Gasteiger partial charge in [-0.25, -0.2) is 9.37 Å². The highest BCUT2D eigenvalue weighted by Gasteiger charge is 2.24. The highest BCUT2D eigenvalue weighted by Crippen LogP contribution is 2.21. The lowest BCUT2D eigenvalue weighted by Crippen LogP contribution is -2.48. The van der Waals surface area contributed by atoms with Gasteiger partial charge in [-0.3, -0.25) is 4.79 Å². The van der Waals surface area contributed by atoms with Crippen molar-refractivity contribution in [2.75, 3.05) is 31.1 Å². The maximum absolute atomic E-state index is 13.1. The van der Waals surface area contributed by atoms with E-state index in [1.807, 2.05) is 30.0 Å². The zero-order valence-electron chi connectivity index (χ0n) is 14.0. The van der Waals surface area contributed by atoms with Crippen LogP contribution in [0.15, 0.2) is 42.5 Å². The van der Waals surface area contributed by atoms with Gasteiger partial charge in [-0.2, -0.15) is 0 Å². The fourth-order valence-corrected chi connectivity index (χ4v) is 3.32. The molecule has 0 spiro atoms. The Hall–Kier alpha value is -2.89. The van der Waals surface area contributed by atoms with Gasteiger partial charge in [-0.1, -0.05) is 6.07 Å². The first kappa shape index (κ1) is 15.6. The summed E-state index contributed by atoms with van der Waals surface area (Å²) in [5, 5.41) is 0. The van der Waals surface area contributed by atoms with Crippen LogP contribution in [0.3, 0.4) is 0 Å². The number of imidazole rings is 1. The van der Waals surface area contributed by atoms with Crippen molar-refractivity contribution < 1.29 is 9.18 Å². The molecule has 1 aromatic heterocycles. The summed E-state index contributed by atoms with van der Waals surface area (Å²) < 4.78 is 13.1. The number of rotatable bonds is 2. The number of benzene rings is 2. The van der Waals surface area contributed by atoms with Crippen molar-refractivity contribution in [1.29, 1.82) is 0 Å². The number of para-hydroxylation sites is 1. The van der Waals surface area contributed by atoms with Crippen LogP contribution < -0.4 is 4.90 Å². The summed E-state index contributed by atoms with van der Waals surface area (Å²) in [7, 11) is 0. The number of hydrogen-bond acceptors (Lipinski definition) is 3. The fourth-order valence-electron chi connectivity index (χ4n) is 3.32. The zero-order valence-corrected chi connectivity index (χ0v) is 14.0. The molecule has 0 unspecified atom stereocenters. The average molecular weight is 338 g/mol. The molecule has 6 heteroatoms. The zero-order chi connectivity index (χ0) is 17.4. The normalized spacial score (nSPS) is 15.0. The fraction of sp³-hybridized carbons (Fsp3) is 0.263. The van der Waals surface area contributed by atoms with E-state index in [0.717, 1.165) is 35.6 Å². The number of carbonyl (C=O) groups excluding carboxylic acids is 1. The predicted molar refractivity (Wildman–Crippen MR) is 95.3 cm³/mol. The van der Waals surface area contributed by atoms with Gasteiger partial charge in [-0.05, 0) is 43.3 Å². The van der Waals surface area contributed by atoms with Gasteiger partial charge in [0.1, 0.15) is 17.2 Å². The van der Waals surface area contributed by atoms with Gasteiger partial charge in [0.2, 0.25) is 0 Å². The summed E-state index contributed by atoms with van der Waals surface area (Å²) >= 11 is 0. The van der Waals surface area contributed by atoms with Gasteiger partial charge in [0.25, 0.3) is 5.91 Å². The van der Waals surface area contributed by atoms with E-state index >= 15 is 0 Å². The Labute approximate surface area is 145 Å². The van der Waals surface area contributed by atoms with Crippen molar-refractivity contribution in [3.63, 3.8) is 0 Å². The molecule has 3 aromatic rings. The third kappa shape index (κ3) is 2.95. The van der Waals surface area contributed by atoms with Crippen LogP contribution >= 0.6 is 0 Å². The summed E-state index contributed by atoms with van der Waals surface area (Å²) in [5.74, 6) is 0.576. The largest absolute Gasteiger partial charge is 0.368 e. The number of nitrogens with zero attached hydrogens (tertiary/aromatic N) is 3. The minimum atomic E-state index is -0.236. The third-order valence-corrected chi connectivity index (χ3v) is 4.62. The summed E-state index contributed by atoms with van der Waals surface area (Å²) in [4.78, 5) is 24.6. The minimum absolute atomic E-state index is 0.0101. The van der Waals surface area contributed by atoms with Crippen molar-refractivity contribution >= 4 is 22.6 Å². The van der Waals surface area contributed by atoms with Gasteiger partial charge in [0.15, 0.2) is 0 Å². The molecule has 0 bridgehead atoms. The topological polar surface area (TPSA) is 52.2 Å². The molecule has 0 saturated carbocycles. The molecule has 128 valence electrons. The number of amides is 1. The summed E-state index contributed by atoms with van der Waals surface area (Å²) in [6.07, 6.45) is 0. The van der Waals surface area contributed by atoms with Gasteiger partial charge in [0.05, 0.1) is 11.1 Å². The number of aromatic nitrogens is 2. The van der Waals surface area contributed by atoms with Gasteiger partial charge < -0.3 is 14.8 Å². The van der Waals surface area contributed by atoms with Gasteiger partial charge in [0, 0.05) is 31.9 Å². The number of H-pyrrole nitrogens is 1. The number of piperazine rings is 1. The molecule has 1 amide bonds. The lowest BCUT2D eigenvalue weighted by molar-refractivity contribution is 0.0748. The molecule has 1 fully saturated rings. The van der Waals surface area contributed by atoms with Gasteiger partial charge in [-0.15, -0.1) is 0 Å². The molecule has 1 N–H and O–H groups in total. The predicted octanol–water partition coefficient (Wildman–Crippen LogP) is 2.97. The first-order valence-corrected chi connectivity index (χ1v) is 8.37. The summed E-state index contributed by atoms with van der Waals surface area (Å²) in [5.41, 5.74) is 3.23. The molecule has 2 heterocycles. The number of nitrogens with one attached hydrogen (secondary N) is 1. The molecule has 4 rings (SSSR count). The second kappa shape index (κ2) is 6.20. The standard InChI is InChI=1S/C19H19FN4O/c1-13-21-17-4-2-3-16(18(17)22-13)19(25)24-11-9-23(10-12-24)15-7-5-14(20)6-8-15/h2-8H,9-12H2,1H3,(H,21,22). The van der Waals surface area contributed by atoms with E-state index in [1.54, 1.807) is 12.1 Å². The van der Waals surface area contributed by atoms with Crippen molar-refractivity contribution in [3.8, 4) is 0 Å². The Bertz CT molecular complexity index is 911. The molecule has 0 radical (unpaired) electrons. The van der Waals surface area contributed by atoms with Crippen molar-refractivity contribution in [2.24, 2.45) is 0 Å². The molecule has 1 saturated heterocycles. The lowest BCUT2D eigenvalue weighted by atomic mass is 10.1. The summed E-state index contributed by atoms with van der Waals surface area (Å²) in [6, 6.07) is 12.1. The SMILES string of the molecule is Cc1nc2c(C(=O)N3CCN(c4ccc(F)cc4)CC3)cccc2[nH]1. The van der Waals surface area contributed by atoms with E-state index in [2.05, 4.69) is 14.9 Å². The number of fused-ring (bicyclic) bond motifs is 1. The smallest absolute Gasteiger partial charge is 0.256 e. The van der Waals surface area contributed by atoms with Crippen LogP contribution in [-0.2, 0) is 0 Å². The minimum Gasteiger partial charge on any atom is -0.368 e. The molecular weight excluding hydrogens is 319 g/mol. The Kier molecular flexibility index (Phi) is 3.87. The molecule has 25 heavy (non-hydrogen) atoms. The number of halogens is 1. The molecular formula is C19H19FN4O. The van der Waals surface area contributed by atoms with Gasteiger partial charge >= 0.3 is 0 Å². The summed E-state index contributed by atoms with van der Waals surface area (Å²) in [6.45, 7) is 4.61. The molecule has 0 aliphatic carbocycles. The molecule has 2 aromatic carbocycles. The van der Waals surface area contributed by atoms with E-state index in [9.17, 15) is 9.18 Å². The highest BCUT2D eigenvalue weighted by molar-refractivity contribution is 6.05. The van der Waals surface area contributed by atoms with Crippen LogP contribution in [0.2, 0.25) is 0 Å². The third-order valence-electron chi connectivity index (χ3n) is 4.62. The first-order chi connectivity index (χ1) is 12.1. The number of anilines is 1. The molecule has 1 aliphatic heterocycles. The van der Waals surface area contributed by atoms with Crippen LogP contribution in [0.1, 0.15) is 16.2 Å². The van der Waals surface area contributed by atoms with Crippen molar-refractivity contribution in [3.05, 3.63) is 59.7 Å². The number of carbonyl (C=O) groups is 1. The number of aryl methyl sites for hydroxylation is 1. The molecule has 0 atom stereocenters. The van der Waals surface area contributed by atoms with E-state index < -0.39 is 0 Å². The molecule has 1 aliphatic rings. The Morgan fingerprint density at radius 2 is 1.80 bits per heavy atom. The highest BCUT2D eigenvalue weighted by atomic mass is 19.1. The van der Waals surface area contributed by atoms with Crippen LogP contribution in [0.4, 0.5) is 10.1 Å². The second-order valence-electron chi connectivity index (χ2n) is 6.28. The lowest BCUT2D eigenvalue weighted by Gasteiger charge is -2.36. The quantitative estimate of drug-likeness (QED) is 0.781. The average Bonchev–Trinajstić information content (AvgIpc) is 3.02. The number of hydrogen-bond donors (Lipinski definition) is 1. The van der Waals surface area contributed by atoms with Crippen LogP contribution in [0.5, 0.6) is 0 Å². The van der Waals surface area contributed by atoms with Crippen LogP contribution in [0.25, 0.3) is 11.0 Å². The maximum atomic E-state index is 13.1. The van der Waals surface area contributed by atoms with E-state index in [1.165, 1.54) is 12.1 Å². The Balaban J connectivity index is 1.50. The van der Waals surface area contributed by atoms with E-state index in [4.69, 9.17) is 0 Å². The van der Waals surface area contributed by atoms with Crippen LogP contribution in [0, 0.1) is 12.7 Å². The molecule has 5 nitrogen and oxygen atoms in total. The monoisotopic (exact) mass is 338 g/mol.